The summed E-state index contributed by atoms with van der Waals surface area (Å²) in [7, 11) is 1.72. The predicted molar refractivity (Wildman–Crippen MR) is 83.1 cm³/mol. The molecule has 18 heavy (non-hydrogen) atoms. The van der Waals surface area contributed by atoms with Crippen molar-refractivity contribution in [3.05, 3.63) is 15.1 Å². The van der Waals surface area contributed by atoms with Crippen LogP contribution < -0.4 is 5.32 Å². The van der Waals surface area contributed by atoms with Gasteiger partial charge in [-0.2, -0.15) is 0 Å². The highest BCUT2D eigenvalue weighted by molar-refractivity contribution is 14.1. The number of anilines is 1. The van der Waals surface area contributed by atoms with E-state index in [1.165, 1.54) is 0 Å². The van der Waals surface area contributed by atoms with Crippen molar-refractivity contribution in [1.29, 1.82) is 0 Å². The van der Waals surface area contributed by atoms with E-state index in [1.807, 2.05) is 0 Å². The maximum Gasteiger partial charge on any atom is 0.143 e. The fourth-order valence-corrected chi connectivity index (χ4v) is 2.42. The van der Waals surface area contributed by atoms with Crippen LogP contribution in [0.4, 0.5) is 5.82 Å². The van der Waals surface area contributed by atoms with Crippen LogP contribution in [-0.4, -0.2) is 30.2 Å². The fourth-order valence-electron chi connectivity index (χ4n) is 1.72. The van der Waals surface area contributed by atoms with E-state index in [0.717, 1.165) is 59.7 Å². The minimum atomic E-state index is 0.759. The average Bonchev–Trinajstić information content (AvgIpc) is 2.35. The summed E-state index contributed by atoms with van der Waals surface area (Å²) in [5.74, 6) is 1.90. The number of nitrogens with one attached hydrogen (secondary N) is 1. The van der Waals surface area contributed by atoms with Crippen molar-refractivity contribution in [2.24, 2.45) is 0 Å². The molecule has 0 fully saturated rings. The molecule has 1 heterocycles. The van der Waals surface area contributed by atoms with Crippen LogP contribution in [0.25, 0.3) is 0 Å². The van der Waals surface area contributed by atoms with Gasteiger partial charge in [0.15, 0.2) is 0 Å². The third-order valence-electron chi connectivity index (χ3n) is 2.55. The van der Waals surface area contributed by atoms with E-state index >= 15 is 0 Å². The number of aromatic nitrogens is 2. The third kappa shape index (κ3) is 4.68. The predicted octanol–water partition coefficient (Wildman–Crippen LogP) is 3.04. The van der Waals surface area contributed by atoms with E-state index in [-0.39, 0.29) is 0 Å². The Hall–Kier alpha value is -0.430. The summed E-state index contributed by atoms with van der Waals surface area (Å²) in [5.41, 5.74) is 1.16. The molecule has 0 aliphatic heterocycles. The first kappa shape index (κ1) is 15.6. The van der Waals surface area contributed by atoms with Gasteiger partial charge < -0.3 is 10.1 Å². The van der Waals surface area contributed by atoms with Gasteiger partial charge in [0.25, 0.3) is 0 Å². The van der Waals surface area contributed by atoms with E-state index < -0.39 is 0 Å². The number of hydrogen-bond donors (Lipinski definition) is 1. The van der Waals surface area contributed by atoms with Crippen molar-refractivity contribution >= 4 is 28.4 Å². The Morgan fingerprint density at radius 3 is 2.61 bits per heavy atom. The fraction of sp³-hybridized carbons (Fsp3) is 0.692. The quantitative estimate of drug-likeness (QED) is 0.570. The van der Waals surface area contributed by atoms with Crippen molar-refractivity contribution < 1.29 is 4.74 Å². The lowest BCUT2D eigenvalue weighted by Crippen LogP contribution is -2.10. The molecule has 102 valence electrons. The van der Waals surface area contributed by atoms with Crippen LogP contribution >= 0.6 is 22.6 Å². The summed E-state index contributed by atoms with van der Waals surface area (Å²) in [5, 5.41) is 3.32. The van der Waals surface area contributed by atoms with E-state index in [0.29, 0.717) is 0 Å². The Morgan fingerprint density at radius 1 is 1.22 bits per heavy atom. The second-order valence-electron chi connectivity index (χ2n) is 4.13. The zero-order chi connectivity index (χ0) is 13.4. The van der Waals surface area contributed by atoms with E-state index in [1.54, 1.807) is 7.11 Å². The molecule has 0 spiro atoms. The SMILES string of the molecule is CCCc1nc(CCCOC)nc(NCC)c1I. The van der Waals surface area contributed by atoms with Gasteiger partial charge in [0, 0.05) is 26.7 Å². The molecule has 1 rings (SSSR count). The molecule has 0 bridgehead atoms. The minimum Gasteiger partial charge on any atom is -0.385 e. The van der Waals surface area contributed by atoms with Crippen molar-refractivity contribution in [3.8, 4) is 0 Å². The molecule has 0 amide bonds. The number of aryl methyl sites for hydroxylation is 2. The second-order valence-corrected chi connectivity index (χ2v) is 5.20. The summed E-state index contributed by atoms with van der Waals surface area (Å²) in [6.07, 6.45) is 3.96. The molecular weight excluding hydrogens is 341 g/mol. The Kier molecular flexibility index (Phi) is 7.50. The van der Waals surface area contributed by atoms with E-state index in [2.05, 4.69) is 51.7 Å². The Labute approximate surface area is 123 Å². The van der Waals surface area contributed by atoms with Gasteiger partial charge in [0.2, 0.25) is 0 Å². The Morgan fingerprint density at radius 2 is 2.00 bits per heavy atom. The Bertz CT molecular complexity index is 344. The molecule has 0 radical (unpaired) electrons. The summed E-state index contributed by atoms with van der Waals surface area (Å²) in [6, 6.07) is 0. The summed E-state index contributed by atoms with van der Waals surface area (Å²) in [4.78, 5) is 9.25. The molecule has 0 unspecified atom stereocenters. The van der Waals surface area contributed by atoms with Gasteiger partial charge in [-0.3, -0.25) is 0 Å². The topological polar surface area (TPSA) is 47.0 Å². The van der Waals surface area contributed by atoms with Gasteiger partial charge in [-0.1, -0.05) is 13.3 Å². The zero-order valence-corrected chi connectivity index (χ0v) is 13.6. The normalized spacial score (nSPS) is 10.7. The minimum absolute atomic E-state index is 0.759. The molecule has 0 atom stereocenters. The third-order valence-corrected chi connectivity index (χ3v) is 3.68. The van der Waals surface area contributed by atoms with Gasteiger partial charge >= 0.3 is 0 Å². The molecule has 1 aromatic heterocycles. The molecule has 0 aromatic carbocycles. The van der Waals surface area contributed by atoms with Gasteiger partial charge in [0.1, 0.15) is 11.6 Å². The lowest BCUT2D eigenvalue weighted by molar-refractivity contribution is 0.194. The number of nitrogens with zero attached hydrogens (tertiary/aromatic N) is 2. The largest absolute Gasteiger partial charge is 0.385 e. The number of halogens is 1. The summed E-state index contributed by atoms with van der Waals surface area (Å²) in [6.45, 7) is 5.91. The number of hydrogen-bond acceptors (Lipinski definition) is 4. The summed E-state index contributed by atoms with van der Waals surface area (Å²) >= 11 is 2.34. The van der Waals surface area contributed by atoms with Crippen LogP contribution in [0.5, 0.6) is 0 Å². The smallest absolute Gasteiger partial charge is 0.143 e. The molecule has 1 N–H and O–H groups in total. The van der Waals surface area contributed by atoms with Gasteiger partial charge in [-0.25, -0.2) is 9.97 Å². The highest BCUT2D eigenvalue weighted by atomic mass is 127. The highest BCUT2D eigenvalue weighted by Crippen LogP contribution is 2.20. The van der Waals surface area contributed by atoms with Crippen LogP contribution in [0, 0.1) is 3.57 Å². The number of methoxy groups -OCH3 is 1. The van der Waals surface area contributed by atoms with E-state index in [4.69, 9.17) is 4.74 Å². The summed E-state index contributed by atoms with van der Waals surface area (Å²) < 4.78 is 6.23. The standard InChI is InChI=1S/C13H22IN3O/c1-4-7-10-12(14)13(15-5-2)17-11(16-10)8-6-9-18-3/h4-9H2,1-3H3,(H,15,16,17). The van der Waals surface area contributed by atoms with Gasteiger partial charge in [0.05, 0.1) is 9.26 Å². The highest BCUT2D eigenvalue weighted by Gasteiger charge is 2.11. The number of ether oxygens (including phenoxy) is 1. The molecular formula is C13H22IN3O. The van der Waals surface area contributed by atoms with Crippen molar-refractivity contribution in [1.82, 2.24) is 9.97 Å². The molecule has 1 aromatic rings. The van der Waals surface area contributed by atoms with Crippen molar-refractivity contribution in [2.45, 2.75) is 39.5 Å². The zero-order valence-electron chi connectivity index (χ0n) is 11.4. The molecule has 0 aliphatic carbocycles. The Balaban J connectivity index is 2.88. The van der Waals surface area contributed by atoms with Crippen molar-refractivity contribution in [3.63, 3.8) is 0 Å². The van der Waals surface area contributed by atoms with Crippen LogP contribution in [0.2, 0.25) is 0 Å². The second kappa shape index (κ2) is 8.63. The molecule has 0 saturated heterocycles. The maximum atomic E-state index is 5.07. The molecule has 5 heteroatoms. The molecule has 4 nitrogen and oxygen atoms in total. The molecule has 0 saturated carbocycles. The number of rotatable bonds is 8. The van der Waals surface area contributed by atoms with Crippen molar-refractivity contribution in [2.75, 3.05) is 25.6 Å². The van der Waals surface area contributed by atoms with Gasteiger partial charge in [-0.15, -0.1) is 0 Å². The molecule has 0 aliphatic rings. The van der Waals surface area contributed by atoms with Crippen LogP contribution in [-0.2, 0) is 17.6 Å². The van der Waals surface area contributed by atoms with Gasteiger partial charge in [-0.05, 0) is 42.4 Å². The van der Waals surface area contributed by atoms with Crippen LogP contribution in [0.15, 0.2) is 0 Å². The first-order valence-corrected chi connectivity index (χ1v) is 7.58. The lowest BCUT2D eigenvalue weighted by Gasteiger charge is -2.11. The average molecular weight is 363 g/mol. The van der Waals surface area contributed by atoms with Crippen LogP contribution in [0.3, 0.4) is 0 Å². The van der Waals surface area contributed by atoms with E-state index in [9.17, 15) is 0 Å². The monoisotopic (exact) mass is 363 g/mol. The van der Waals surface area contributed by atoms with Crippen LogP contribution in [0.1, 0.15) is 38.2 Å². The maximum absolute atomic E-state index is 5.07. The first-order chi connectivity index (χ1) is 8.72. The first-order valence-electron chi connectivity index (χ1n) is 6.51. The lowest BCUT2D eigenvalue weighted by atomic mass is 10.2.